The number of hydrogen-bond acceptors (Lipinski definition) is 4. The van der Waals surface area contributed by atoms with Gasteiger partial charge in [-0.25, -0.2) is 4.79 Å². The number of carbonyl (C=O) groups is 2. The molecule has 1 fully saturated rings. The highest BCUT2D eigenvalue weighted by Gasteiger charge is 2.34. The Labute approximate surface area is 115 Å². The molecule has 0 bridgehead atoms. The largest absolute Gasteiger partial charge is 0.480 e. The van der Waals surface area contributed by atoms with Crippen molar-refractivity contribution in [3.8, 4) is 0 Å². The Bertz CT molecular complexity index is 451. The lowest BCUT2D eigenvalue weighted by atomic mass is 10.2. The number of hydrogen-bond donors (Lipinski definition) is 1. The molecular weight excluding hydrogens is 266 g/mol. The van der Waals surface area contributed by atoms with Gasteiger partial charge in [0.25, 0.3) is 0 Å². The van der Waals surface area contributed by atoms with Crippen LogP contribution >= 0.6 is 11.8 Å². The third kappa shape index (κ3) is 3.71. The van der Waals surface area contributed by atoms with E-state index in [1.54, 1.807) is 0 Å². The van der Waals surface area contributed by atoms with Gasteiger partial charge in [0, 0.05) is 5.75 Å². The van der Waals surface area contributed by atoms with Gasteiger partial charge in [0.15, 0.2) is 0 Å². The summed E-state index contributed by atoms with van der Waals surface area (Å²) >= 11 is 1.45. The number of aliphatic carboxylic acids is 1. The molecule has 0 spiro atoms. The molecule has 1 atom stereocenters. The zero-order valence-electron chi connectivity index (χ0n) is 10.3. The Balaban J connectivity index is 1.80. The predicted octanol–water partition coefficient (Wildman–Crippen LogP) is 1.19. The van der Waals surface area contributed by atoms with E-state index < -0.39 is 12.0 Å². The zero-order chi connectivity index (χ0) is 13.7. The second-order valence-electron chi connectivity index (χ2n) is 4.20. The van der Waals surface area contributed by atoms with Crippen LogP contribution in [0.3, 0.4) is 0 Å². The molecule has 1 aromatic rings. The lowest BCUT2D eigenvalue weighted by molar-refractivity contribution is -0.149. The smallest absolute Gasteiger partial charge is 0.327 e. The van der Waals surface area contributed by atoms with Crippen LogP contribution in [0.2, 0.25) is 0 Å². The molecule has 102 valence electrons. The monoisotopic (exact) mass is 281 g/mol. The normalized spacial score (nSPS) is 18.5. The van der Waals surface area contributed by atoms with Gasteiger partial charge < -0.3 is 14.7 Å². The second-order valence-corrected chi connectivity index (χ2v) is 5.20. The van der Waals surface area contributed by atoms with Crippen LogP contribution in [-0.4, -0.2) is 46.2 Å². The molecular formula is C13H15NO4S. The molecule has 1 aliphatic heterocycles. The lowest BCUT2D eigenvalue weighted by Crippen LogP contribution is -2.43. The van der Waals surface area contributed by atoms with Crippen LogP contribution in [0.4, 0.5) is 0 Å². The maximum absolute atomic E-state index is 11.9. The predicted molar refractivity (Wildman–Crippen MR) is 71.7 cm³/mol. The van der Waals surface area contributed by atoms with E-state index in [-0.39, 0.29) is 12.5 Å². The van der Waals surface area contributed by atoms with E-state index in [9.17, 15) is 9.59 Å². The van der Waals surface area contributed by atoms with Gasteiger partial charge >= 0.3 is 5.97 Å². The van der Waals surface area contributed by atoms with Crippen LogP contribution in [0.5, 0.6) is 0 Å². The molecule has 0 aromatic heterocycles. The summed E-state index contributed by atoms with van der Waals surface area (Å²) in [4.78, 5) is 24.2. The number of carbonyl (C=O) groups excluding carboxylic acids is 1. The van der Waals surface area contributed by atoms with Crippen molar-refractivity contribution < 1.29 is 19.4 Å². The van der Waals surface area contributed by atoms with Crippen molar-refractivity contribution in [3.63, 3.8) is 0 Å². The fourth-order valence-corrected chi connectivity index (χ4v) is 2.98. The van der Waals surface area contributed by atoms with E-state index in [0.29, 0.717) is 18.2 Å². The van der Waals surface area contributed by atoms with Crippen molar-refractivity contribution in [2.24, 2.45) is 0 Å². The quantitative estimate of drug-likeness (QED) is 0.878. The highest BCUT2D eigenvalue weighted by molar-refractivity contribution is 7.99. The van der Waals surface area contributed by atoms with Crippen LogP contribution < -0.4 is 0 Å². The molecule has 2 rings (SSSR count). The Morgan fingerprint density at radius 1 is 1.37 bits per heavy atom. The molecule has 5 nitrogen and oxygen atoms in total. The number of nitrogens with zero attached hydrogens (tertiary/aromatic N) is 1. The summed E-state index contributed by atoms with van der Waals surface area (Å²) in [6, 6.07) is 8.81. The van der Waals surface area contributed by atoms with E-state index >= 15 is 0 Å². The molecule has 0 radical (unpaired) electrons. The van der Waals surface area contributed by atoms with Crippen molar-refractivity contribution in [3.05, 3.63) is 35.9 Å². The van der Waals surface area contributed by atoms with Gasteiger partial charge in [0.2, 0.25) is 5.91 Å². The molecule has 1 saturated heterocycles. The summed E-state index contributed by atoms with van der Waals surface area (Å²) in [6.45, 7) is 0.268. The molecule has 1 aromatic carbocycles. The minimum absolute atomic E-state index is 0.0841. The molecule has 0 aliphatic carbocycles. The molecule has 1 aliphatic rings. The maximum atomic E-state index is 11.9. The molecule has 1 N–H and O–H groups in total. The Morgan fingerprint density at radius 3 is 2.79 bits per heavy atom. The minimum atomic E-state index is -0.957. The van der Waals surface area contributed by atoms with Gasteiger partial charge in [0.1, 0.15) is 12.6 Å². The van der Waals surface area contributed by atoms with Crippen molar-refractivity contribution in [2.45, 2.75) is 12.6 Å². The molecule has 19 heavy (non-hydrogen) atoms. The number of carboxylic acids is 1. The first-order chi connectivity index (χ1) is 9.18. The van der Waals surface area contributed by atoms with Crippen LogP contribution in [-0.2, 0) is 20.9 Å². The van der Waals surface area contributed by atoms with Crippen LogP contribution in [0.25, 0.3) is 0 Å². The average molecular weight is 281 g/mol. The lowest BCUT2D eigenvalue weighted by Gasteiger charge is -2.20. The fourth-order valence-electron chi connectivity index (χ4n) is 1.81. The number of benzene rings is 1. The molecule has 0 unspecified atom stereocenters. The van der Waals surface area contributed by atoms with E-state index in [1.807, 2.05) is 30.3 Å². The number of rotatable bonds is 5. The van der Waals surface area contributed by atoms with Crippen molar-refractivity contribution in [2.75, 3.05) is 18.2 Å². The van der Waals surface area contributed by atoms with Crippen LogP contribution in [0, 0.1) is 0 Å². The first-order valence-corrected chi connectivity index (χ1v) is 7.05. The molecule has 0 saturated carbocycles. The summed E-state index contributed by atoms with van der Waals surface area (Å²) in [7, 11) is 0. The average Bonchev–Trinajstić information content (AvgIpc) is 2.89. The van der Waals surface area contributed by atoms with Crippen molar-refractivity contribution >= 4 is 23.6 Å². The highest BCUT2D eigenvalue weighted by atomic mass is 32.2. The van der Waals surface area contributed by atoms with Gasteiger partial charge in [-0.2, -0.15) is 0 Å². The second kappa shape index (κ2) is 6.58. The summed E-state index contributed by atoms with van der Waals surface area (Å²) in [5.74, 6) is -0.362. The Morgan fingerprint density at radius 2 is 2.11 bits per heavy atom. The van der Waals surface area contributed by atoms with Gasteiger partial charge in [-0.15, -0.1) is 11.8 Å². The van der Waals surface area contributed by atoms with E-state index in [4.69, 9.17) is 9.84 Å². The van der Waals surface area contributed by atoms with Crippen molar-refractivity contribution in [1.29, 1.82) is 0 Å². The Hall–Kier alpha value is -1.53. The topological polar surface area (TPSA) is 66.8 Å². The first kappa shape index (κ1) is 13.9. The summed E-state index contributed by atoms with van der Waals surface area (Å²) in [5, 5.41) is 8.99. The van der Waals surface area contributed by atoms with Crippen molar-refractivity contribution in [1.82, 2.24) is 4.90 Å². The van der Waals surface area contributed by atoms with Gasteiger partial charge in [-0.3, -0.25) is 4.79 Å². The first-order valence-electron chi connectivity index (χ1n) is 5.90. The van der Waals surface area contributed by atoms with E-state index in [1.165, 1.54) is 16.7 Å². The number of carboxylic acid groups (broad SMARTS) is 1. The maximum Gasteiger partial charge on any atom is 0.327 e. The fraction of sp³-hybridized carbons (Fsp3) is 0.385. The highest BCUT2D eigenvalue weighted by Crippen LogP contribution is 2.21. The Kier molecular flexibility index (Phi) is 4.81. The van der Waals surface area contributed by atoms with E-state index in [2.05, 4.69) is 0 Å². The summed E-state index contributed by atoms with van der Waals surface area (Å²) < 4.78 is 5.33. The molecule has 1 heterocycles. The van der Waals surface area contributed by atoms with Gasteiger partial charge in [-0.1, -0.05) is 30.3 Å². The van der Waals surface area contributed by atoms with Crippen LogP contribution in [0.1, 0.15) is 5.56 Å². The van der Waals surface area contributed by atoms with Gasteiger partial charge in [-0.05, 0) is 5.56 Å². The zero-order valence-corrected chi connectivity index (χ0v) is 11.1. The number of amides is 1. The van der Waals surface area contributed by atoms with E-state index in [0.717, 1.165) is 5.56 Å². The summed E-state index contributed by atoms with van der Waals surface area (Å²) in [5.41, 5.74) is 0.987. The third-order valence-electron chi connectivity index (χ3n) is 2.82. The number of ether oxygens (including phenoxy) is 1. The van der Waals surface area contributed by atoms with Gasteiger partial charge in [0.05, 0.1) is 12.5 Å². The van der Waals surface area contributed by atoms with Crippen LogP contribution in [0.15, 0.2) is 30.3 Å². The third-order valence-corrected chi connectivity index (χ3v) is 3.84. The standard InChI is InChI=1S/C13H15NO4S/c15-12(14-9-19-8-11(14)13(16)17)7-18-6-10-4-2-1-3-5-10/h1-5,11H,6-9H2,(H,16,17)/t11-/m0/s1. The number of thioether (sulfide) groups is 1. The minimum Gasteiger partial charge on any atom is -0.480 e. The molecule has 6 heteroatoms. The SMILES string of the molecule is O=C(O)[C@@H]1CSCN1C(=O)COCc1ccccc1. The summed E-state index contributed by atoms with van der Waals surface area (Å²) in [6.07, 6.45) is 0. The molecule has 1 amide bonds.